The van der Waals surface area contributed by atoms with E-state index >= 15 is 0 Å². The van der Waals surface area contributed by atoms with Crippen LogP contribution in [0.1, 0.15) is 15.9 Å². The Morgan fingerprint density at radius 3 is 2.59 bits per heavy atom. The van der Waals surface area contributed by atoms with Gasteiger partial charge in [0.15, 0.2) is 0 Å². The molecule has 2 aromatic carbocycles. The normalized spacial score (nSPS) is 10.7. The molecule has 27 heavy (non-hydrogen) atoms. The van der Waals surface area contributed by atoms with Crippen molar-refractivity contribution in [2.24, 2.45) is 0 Å². The Bertz CT molecular complexity index is 877. The number of carbonyl (C=O) groups excluding carboxylic acids is 1. The highest BCUT2D eigenvalue weighted by atomic mass is 32.1. The number of aromatic nitrogens is 1. The van der Waals surface area contributed by atoms with Gasteiger partial charge in [-0.05, 0) is 36.2 Å². The summed E-state index contributed by atoms with van der Waals surface area (Å²) in [5, 5.41) is 14.4. The second kappa shape index (κ2) is 9.41. The molecule has 0 aliphatic heterocycles. The average molecular weight is 382 g/mol. The third-order valence-corrected chi connectivity index (χ3v) is 4.85. The first-order chi connectivity index (χ1) is 13.2. The van der Waals surface area contributed by atoms with E-state index in [-0.39, 0.29) is 19.1 Å². The first-order valence-corrected chi connectivity index (χ1v) is 9.64. The predicted molar refractivity (Wildman–Crippen MR) is 108 cm³/mol. The molecule has 0 atom stereocenters. The summed E-state index contributed by atoms with van der Waals surface area (Å²) < 4.78 is 5.18. The molecule has 0 unspecified atom stereocenters. The number of amides is 1. The van der Waals surface area contributed by atoms with E-state index in [1.807, 2.05) is 24.4 Å². The molecule has 0 saturated carbocycles. The molecular weight excluding hydrogens is 360 g/mol. The van der Waals surface area contributed by atoms with Crippen molar-refractivity contribution in [2.75, 3.05) is 26.4 Å². The van der Waals surface area contributed by atoms with Gasteiger partial charge in [0.2, 0.25) is 0 Å². The number of hydrogen-bond acceptors (Lipinski definition) is 5. The third-order valence-electron chi connectivity index (χ3n) is 4.03. The average Bonchev–Trinajstić information content (AvgIpc) is 3.23. The van der Waals surface area contributed by atoms with Gasteiger partial charge >= 0.3 is 0 Å². The summed E-state index contributed by atoms with van der Waals surface area (Å²) in [6.45, 7) is 3.05. The Hall–Kier alpha value is -2.54. The van der Waals surface area contributed by atoms with Crippen molar-refractivity contribution in [3.63, 3.8) is 0 Å². The van der Waals surface area contributed by atoms with Crippen LogP contribution in [0.15, 0.2) is 54.0 Å². The van der Waals surface area contributed by atoms with Gasteiger partial charge in [-0.1, -0.05) is 29.8 Å². The number of nitrogens with zero attached hydrogens (tertiary/aromatic N) is 1. The van der Waals surface area contributed by atoms with Crippen molar-refractivity contribution >= 4 is 17.2 Å². The maximum atomic E-state index is 12.6. The quantitative estimate of drug-likeness (QED) is 0.585. The molecule has 3 aromatic rings. The van der Waals surface area contributed by atoms with Crippen molar-refractivity contribution in [1.29, 1.82) is 0 Å². The van der Waals surface area contributed by atoms with E-state index in [0.29, 0.717) is 18.7 Å². The molecule has 0 aliphatic carbocycles. The summed E-state index contributed by atoms with van der Waals surface area (Å²) in [4.78, 5) is 17.0. The molecule has 2 N–H and O–H groups in total. The van der Waals surface area contributed by atoms with Crippen LogP contribution in [0.5, 0.6) is 0 Å². The molecule has 1 amide bonds. The van der Waals surface area contributed by atoms with Crippen molar-refractivity contribution in [3.8, 4) is 21.7 Å². The lowest BCUT2D eigenvalue weighted by molar-refractivity contribution is 0.0838. The maximum Gasteiger partial charge on any atom is 0.251 e. The van der Waals surface area contributed by atoms with Gasteiger partial charge in [-0.2, -0.15) is 0 Å². The molecule has 5 nitrogen and oxygen atoms in total. The second-order valence-electron chi connectivity index (χ2n) is 6.09. The molecule has 0 fully saturated rings. The first kappa shape index (κ1) is 19.2. The van der Waals surface area contributed by atoms with Gasteiger partial charge in [0.1, 0.15) is 5.01 Å². The number of nitrogens with one attached hydrogen (secondary N) is 1. The molecule has 0 bridgehead atoms. The molecule has 1 aromatic heterocycles. The van der Waals surface area contributed by atoms with Crippen molar-refractivity contribution < 1.29 is 14.6 Å². The van der Waals surface area contributed by atoms with E-state index in [4.69, 9.17) is 9.84 Å². The smallest absolute Gasteiger partial charge is 0.251 e. The Kier molecular flexibility index (Phi) is 6.70. The van der Waals surface area contributed by atoms with Gasteiger partial charge in [-0.15, -0.1) is 11.3 Å². The van der Waals surface area contributed by atoms with Crippen LogP contribution in [0.4, 0.5) is 0 Å². The van der Waals surface area contributed by atoms with Gasteiger partial charge in [0, 0.05) is 29.2 Å². The largest absolute Gasteiger partial charge is 0.394 e. The fourth-order valence-electron chi connectivity index (χ4n) is 2.67. The van der Waals surface area contributed by atoms with Crippen LogP contribution in [0.3, 0.4) is 0 Å². The summed E-state index contributed by atoms with van der Waals surface area (Å²) in [5.41, 5.74) is 4.73. The SMILES string of the molecule is Cc1ccc(-c2cc(C(=O)NCCOCCO)cc(-c3nccs3)c2)cc1. The number of aliphatic hydroxyl groups excluding tert-OH is 1. The van der Waals surface area contributed by atoms with Gasteiger partial charge < -0.3 is 15.2 Å². The van der Waals surface area contributed by atoms with Gasteiger partial charge in [-0.3, -0.25) is 4.79 Å². The van der Waals surface area contributed by atoms with Gasteiger partial charge in [-0.25, -0.2) is 4.98 Å². The highest BCUT2D eigenvalue weighted by Crippen LogP contribution is 2.29. The Labute approximate surface area is 162 Å². The highest BCUT2D eigenvalue weighted by Gasteiger charge is 2.12. The molecule has 1 heterocycles. The van der Waals surface area contributed by atoms with Crippen LogP contribution in [0, 0.1) is 6.92 Å². The minimum Gasteiger partial charge on any atom is -0.394 e. The molecule has 6 heteroatoms. The zero-order valence-corrected chi connectivity index (χ0v) is 16.0. The van der Waals surface area contributed by atoms with E-state index in [1.54, 1.807) is 17.5 Å². The first-order valence-electron chi connectivity index (χ1n) is 8.76. The molecule has 0 saturated heterocycles. The van der Waals surface area contributed by atoms with E-state index in [2.05, 4.69) is 40.6 Å². The van der Waals surface area contributed by atoms with Crippen molar-refractivity contribution in [3.05, 3.63) is 65.2 Å². The minimum atomic E-state index is -0.158. The summed E-state index contributed by atoms with van der Waals surface area (Å²) >= 11 is 1.54. The highest BCUT2D eigenvalue weighted by molar-refractivity contribution is 7.13. The molecule has 3 rings (SSSR count). The lowest BCUT2D eigenvalue weighted by Crippen LogP contribution is -2.27. The lowest BCUT2D eigenvalue weighted by atomic mass is 9.98. The van der Waals surface area contributed by atoms with Crippen LogP contribution < -0.4 is 5.32 Å². The maximum absolute atomic E-state index is 12.6. The monoisotopic (exact) mass is 382 g/mol. The Morgan fingerprint density at radius 2 is 1.89 bits per heavy atom. The Balaban J connectivity index is 1.86. The van der Waals surface area contributed by atoms with Gasteiger partial charge in [0.05, 0.1) is 19.8 Å². The second-order valence-corrected chi connectivity index (χ2v) is 6.99. The Morgan fingerprint density at radius 1 is 1.11 bits per heavy atom. The molecular formula is C21H22N2O3S. The van der Waals surface area contributed by atoms with E-state index in [0.717, 1.165) is 21.7 Å². The van der Waals surface area contributed by atoms with Crippen LogP contribution in [0.25, 0.3) is 21.7 Å². The number of aliphatic hydroxyl groups is 1. The fraction of sp³-hybridized carbons (Fsp3) is 0.238. The zero-order chi connectivity index (χ0) is 19.1. The van der Waals surface area contributed by atoms with Crippen molar-refractivity contribution in [2.45, 2.75) is 6.92 Å². The lowest BCUT2D eigenvalue weighted by Gasteiger charge is -2.10. The predicted octanol–water partition coefficient (Wildman–Crippen LogP) is 3.52. The van der Waals surface area contributed by atoms with E-state index in [1.165, 1.54) is 5.56 Å². The molecule has 0 aliphatic rings. The summed E-state index contributed by atoms with van der Waals surface area (Å²) in [7, 11) is 0. The summed E-state index contributed by atoms with van der Waals surface area (Å²) in [6, 6.07) is 14.0. The fourth-order valence-corrected chi connectivity index (χ4v) is 3.29. The number of rotatable bonds is 8. The summed E-state index contributed by atoms with van der Waals surface area (Å²) in [5.74, 6) is -0.158. The minimum absolute atomic E-state index is 0.0241. The summed E-state index contributed by atoms with van der Waals surface area (Å²) in [6.07, 6.45) is 1.76. The number of aryl methyl sites for hydroxylation is 1. The van der Waals surface area contributed by atoms with Crippen LogP contribution in [-0.4, -0.2) is 42.4 Å². The van der Waals surface area contributed by atoms with Gasteiger partial charge in [0.25, 0.3) is 5.91 Å². The number of hydrogen-bond donors (Lipinski definition) is 2. The third kappa shape index (κ3) is 5.23. The topological polar surface area (TPSA) is 71.5 Å². The molecule has 140 valence electrons. The number of carbonyl (C=O) groups is 1. The number of benzene rings is 2. The van der Waals surface area contributed by atoms with E-state index in [9.17, 15) is 4.79 Å². The van der Waals surface area contributed by atoms with Crippen LogP contribution >= 0.6 is 11.3 Å². The van der Waals surface area contributed by atoms with E-state index < -0.39 is 0 Å². The standard InChI is InChI=1S/C21H22N2O3S/c1-15-2-4-16(5-3-15)17-12-18(20(25)22-6-9-26-10-8-24)14-19(13-17)21-23-7-11-27-21/h2-5,7,11-14,24H,6,8-10H2,1H3,(H,22,25). The van der Waals surface area contributed by atoms with Crippen molar-refractivity contribution in [1.82, 2.24) is 10.3 Å². The molecule has 0 radical (unpaired) electrons. The molecule has 0 spiro atoms. The number of ether oxygens (including phenoxy) is 1. The van der Waals surface area contributed by atoms with Crippen LogP contribution in [0.2, 0.25) is 0 Å². The zero-order valence-electron chi connectivity index (χ0n) is 15.1. The number of thiazole rings is 1. The van der Waals surface area contributed by atoms with Crippen LogP contribution in [-0.2, 0) is 4.74 Å².